The van der Waals surface area contributed by atoms with Gasteiger partial charge in [-0.3, -0.25) is 9.59 Å². The number of carbonyl (C=O) groups excluding carboxylic acids is 2. The summed E-state index contributed by atoms with van der Waals surface area (Å²) < 4.78 is 4.58. The van der Waals surface area contributed by atoms with Crippen LogP contribution >= 0.6 is 0 Å². The van der Waals surface area contributed by atoms with Crippen molar-refractivity contribution in [3.05, 3.63) is 0 Å². The van der Waals surface area contributed by atoms with Crippen LogP contribution in [0.2, 0.25) is 0 Å². The predicted molar refractivity (Wildman–Crippen MR) is 79.3 cm³/mol. The Balaban J connectivity index is 2.06. The standard InChI is InChI=1S/C16H29NO3/c1-17(13-7-12-16(19)20-2)15(18)11-6-10-14-8-4-3-5-9-14/h14H,3-13H2,1-2H3. The first-order valence-corrected chi connectivity index (χ1v) is 7.94. The number of rotatable bonds is 8. The van der Waals surface area contributed by atoms with Crippen molar-refractivity contribution >= 4 is 11.9 Å². The Bertz CT molecular complexity index is 298. The molecule has 0 saturated heterocycles. The molecule has 1 saturated carbocycles. The average Bonchev–Trinajstić information content (AvgIpc) is 2.47. The van der Waals surface area contributed by atoms with E-state index >= 15 is 0 Å². The van der Waals surface area contributed by atoms with Gasteiger partial charge in [-0.2, -0.15) is 0 Å². The lowest BCUT2D eigenvalue weighted by Crippen LogP contribution is -2.28. The van der Waals surface area contributed by atoms with Crippen LogP contribution in [0.4, 0.5) is 0 Å². The monoisotopic (exact) mass is 283 g/mol. The summed E-state index contributed by atoms with van der Waals surface area (Å²) in [5.41, 5.74) is 0. The molecule has 1 amide bonds. The molecule has 0 radical (unpaired) electrons. The highest BCUT2D eigenvalue weighted by molar-refractivity contribution is 5.75. The molecule has 20 heavy (non-hydrogen) atoms. The van der Waals surface area contributed by atoms with Crippen molar-refractivity contribution in [1.82, 2.24) is 4.90 Å². The summed E-state index contributed by atoms with van der Waals surface area (Å²) in [5, 5.41) is 0. The van der Waals surface area contributed by atoms with Crippen LogP contribution in [0.3, 0.4) is 0 Å². The number of nitrogens with zero attached hydrogens (tertiary/aromatic N) is 1. The highest BCUT2D eigenvalue weighted by Crippen LogP contribution is 2.27. The Kier molecular flexibility index (Phi) is 8.31. The molecule has 0 heterocycles. The van der Waals surface area contributed by atoms with E-state index in [1.807, 2.05) is 7.05 Å². The maximum absolute atomic E-state index is 11.9. The van der Waals surface area contributed by atoms with Gasteiger partial charge in [0.15, 0.2) is 0 Å². The van der Waals surface area contributed by atoms with Crippen molar-refractivity contribution in [2.45, 2.75) is 64.2 Å². The molecular formula is C16H29NO3. The summed E-state index contributed by atoms with van der Waals surface area (Å²) in [6, 6.07) is 0. The van der Waals surface area contributed by atoms with Crippen molar-refractivity contribution in [3.8, 4) is 0 Å². The highest BCUT2D eigenvalue weighted by Gasteiger charge is 2.15. The fourth-order valence-corrected chi connectivity index (χ4v) is 2.90. The van der Waals surface area contributed by atoms with Gasteiger partial charge in [0.2, 0.25) is 5.91 Å². The fourth-order valence-electron chi connectivity index (χ4n) is 2.90. The normalized spacial score (nSPS) is 15.9. The molecule has 0 aromatic rings. The summed E-state index contributed by atoms with van der Waals surface area (Å²) in [5.74, 6) is 0.843. The lowest BCUT2D eigenvalue weighted by molar-refractivity contribution is -0.141. The molecule has 0 aromatic heterocycles. The minimum absolute atomic E-state index is 0.200. The second-order valence-electron chi connectivity index (χ2n) is 5.89. The van der Waals surface area contributed by atoms with Crippen molar-refractivity contribution in [3.63, 3.8) is 0 Å². The second-order valence-corrected chi connectivity index (χ2v) is 5.89. The second kappa shape index (κ2) is 9.78. The van der Waals surface area contributed by atoms with E-state index in [0.29, 0.717) is 25.8 Å². The third kappa shape index (κ3) is 6.92. The largest absolute Gasteiger partial charge is 0.469 e. The van der Waals surface area contributed by atoms with E-state index in [2.05, 4.69) is 4.74 Å². The summed E-state index contributed by atoms with van der Waals surface area (Å²) in [6.07, 6.45) is 10.7. The molecule has 4 heteroatoms. The third-order valence-electron chi connectivity index (χ3n) is 4.26. The third-order valence-corrected chi connectivity index (χ3v) is 4.26. The maximum Gasteiger partial charge on any atom is 0.305 e. The van der Waals surface area contributed by atoms with Gasteiger partial charge in [-0.15, -0.1) is 0 Å². The quantitative estimate of drug-likeness (QED) is 0.643. The van der Waals surface area contributed by atoms with Gasteiger partial charge in [0, 0.05) is 26.4 Å². The molecule has 1 aliphatic carbocycles. The summed E-state index contributed by atoms with van der Waals surface area (Å²) in [4.78, 5) is 24.7. The van der Waals surface area contributed by atoms with Crippen LogP contribution in [0, 0.1) is 5.92 Å². The van der Waals surface area contributed by atoms with Crippen molar-refractivity contribution in [2.75, 3.05) is 20.7 Å². The predicted octanol–water partition coefficient (Wildman–Crippen LogP) is 3.15. The molecule has 0 atom stereocenters. The summed E-state index contributed by atoms with van der Waals surface area (Å²) in [7, 11) is 3.21. The number of esters is 1. The van der Waals surface area contributed by atoms with Gasteiger partial charge in [-0.25, -0.2) is 0 Å². The molecule has 1 aliphatic rings. The van der Waals surface area contributed by atoms with E-state index in [4.69, 9.17) is 0 Å². The van der Waals surface area contributed by atoms with Crippen LogP contribution in [0.5, 0.6) is 0 Å². The van der Waals surface area contributed by atoms with Gasteiger partial charge in [0.25, 0.3) is 0 Å². The van der Waals surface area contributed by atoms with Gasteiger partial charge in [-0.1, -0.05) is 32.1 Å². The van der Waals surface area contributed by atoms with Gasteiger partial charge in [0.1, 0.15) is 0 Å². The molecule has 0 unspecified atom stereocenters. The Hall–Kier alpha value is -1.06. The lowest BCUT2D eigenvalue weighted by atomic mass is 9.86. The van der Waals surface area contributed by atoms with Crippen LogP contribution in [-0.4, -0.2) is 37.5 Å². The topological polar surface area (TPSA) is 46.6 Å². The number of hydrogen-bond donors (Lipinski definition) is 0. The molecule has 1 fully saturated rings. The minimum atomic E-state index is -0.205. The van der Waals surface area contributed by atoms with Crippen LogP contribution < -0.4 is 0 Å². The van der Waals surface area contributed by atoms with E-state index in [1.165, 1.54) is 45.6 Å². The van der Waals surface area contributed by atoms with Gasteiger partial charge >= 0.3 is 5.97 Å². The molecular weight excluding hydrogens is 254 g/mol. The van der Waals surface area contributed by atoms with Crippen LogP contribution in [-0.2, 0) is 14.3 Å². The van der Waals surface area contributed by atoms with E-state index in [0.717, 1.165) is 12.3 Å². The fraction of sp³-hybridized carbons (Fsp3) is 0.875. The van der Waals surface area contributed by atoms with Crippen molar-refractivity contribution < 1.29 is 14.3 Å². The molecule has 0 N–H and O–H groups in total. The molecule has 0 aliphatic heterocycles. The Labute approximate surface area is 122 Å². The number of amides is 1. The van der Waals surface area contributed by atoms with E-state index in [-0.39, 0.29) is 11.9 Å². The average molecular weight is 283 g/mol. The van der Waals surface area contributed by atoms with Crippen LogP contribution in [0.15, 0.2) is 0 Å². The molecule has 0 aromatic carbocycles. The Morgan fingerprint density at radius 1 is 1.10 bits per heavy atom. The van der Waals surface area contributed by atoms with Crippen LogP contribution in [0.25, 0.3) is 0 Å². The summed E-state index contributed by atoms with van der Waals surface area (Å²) >= 11 is 0. The Morgan fingerprint density at radius 3 is 2.45 bits per heavy atom. The SMILES string of the molecule is COC(=O)CCCN(C)C(=O)CCCC1CCCCC1. The molecule has 0 spiro atoms. The maximum atomic E-state index is 11.9. The van der Waals surface area contributed by atoms with Gasteiger partial charge in [0.05, 0.1) is 7.11 Å². The first kappa shape index (κ1) is 17.0. The zero-order chi connectivity index (χ0) is 14.8. The number of ether oxygens (including phenoxy) is 1. The van der Waals surface area contributed by atoms with Crippen molar-refractivity contribution in [2.24, 2.45) is 5.92 Å². The number of methoxy groups -OCH3 is 1. The zero-order valence-corrected chi connectivity index (χ0v) is 13.0. The summed E-state index contributed by atoms with van der Waals surface area (Å²) in [6.45, 7) is 0.636. The minimum Gasteiger partial charge on any atom is -0.469 e. The van der Waals surface area contributed by atoms with Crippen molar-refractivity contribution in [1.29, 1.82) is 0 Å². The smallest absolute Gasteiger partial charge is 0.305 e. The number of hydrogen-bond acceptors (Lipinski definition) is 3. The first-order chi connectivity index (χ1) is 9.63. The van der Waals surface area contributed by atoms with E-state index < -0.39 is 0 Å². The number of carbonyl (C=O) groups is 2. The first-order valence-electron chi connectivity index (χ1n) is 7.94. The lowest BCUT2D eigenvalue weighted by Gasteiger charge is -2.22. The molecule has 4 nitrogen and oxygen atoms in total. The zero-order valence-electron chi connectivity index (χ0n) is 13.0. The van der Waals surface area contributed by atoms with Gasteiger partial charge in [-0.05, 0) is 25.2 Å². The van der Waals surface area contributed by atoms with E-state index in [1.54, 1.807) is 4.90 Å². The molecule has 116 valence electrons. The molecule has 1 rings (SSSR count). The van der Waals surface area contributed by atoms with Gasteiger partial charge < -0.3 is 9.64 Å². The Morgan fingerprint density at radius 2 is 1.80 bits per heavy atom. The highest BCUT2D eigenvalue weighted by atomic mass is 16.5. The van der Waals surface area contributed by atoms with Crippen LogP contribution in [0.1, 0.15) is 64.2 Å². The molecule has 0 bridgehead atoms. The van der Waals surface area contributed by atoms with E-state index in [9.17, 15) is 9.59 Å².